The van der Waals surface area contributed by atoms with Gasteiger partial charge in [0.2, 0.25) is 5.75 Å². The van der Waals surface area contributed by atoms with Crippen molar-refractivity contribution in [3.05, 3.63) is 41.5 Å². The molecule has 7 nitrogen and oxygen atoms in total. The van der Waals surface area contributed by atoms with Crippen molar-refractivity contribution in [2.75, 3.05) is 26.6 Å². The van der Waals surface area contributed by atoms with Gasteiger partial charge in [-0.3, -0.25) is 10.1 Å². The normalized spacial score (nSPS) is 11.3. The van der Waals surface area contributed by atoms with Crippen molar-refractivity contribution in [2.24, 2.45) is 0 Å². The highest BCUT2D eigenvalue weighted by Crippen LogP contribution is 2.38. The average molecular weight is 419 g/mol. The molecule has 0 saturated carbocycles. The number of anilines is 1. The molecule has 29 heavy (non-hydrogen) atoms. The smallest absolute Gasteiger partial charge is 0.257 e. The molecule has 0 aliphatic heterocycles. The lowest BCUT2D eigenvalue weighted by Gasteiger charge is -2.16. The number of methoxy groups -OCH3 is 3. The maximum Gasteiger partial charge on any atom is 0.257 e. The second-order valence-corrected chi connectivity index (χ2v) is 6.82. The minimum atomic E-state index is -0.459. The first kappa shape index (κ1) is 22.3. The van der Waals surface area contributed by atoms with Crippen LogP contribution in [0.3, 0.4) is 0 Å². The second kappa shape index (κ2) is 9.97. The largest absolute Gasteiger partial charge is 0.506 e. The van der Waals surface area contributed by atoms with Crippen molar-refractivity contribution in [2.45, 2.75) is 26.2 Å². The lowest BCUT2D eigenvalue weighted by atomic mass is 9.98. The fraction of sp³-hybridized carbons (Fsp3) is 0.333. The molecule has 0 unspecified atom stereocenters. The van der Waals surface area contributed by atoms with Crippen molar-refractivity contribution in [3.8, 4) is 23.0 Å². The molecule has 2 rings (SSSR count). The van der Waals surface area contributed by atoms with Gasteiger partial charge in [0, 0.05) is 5.56 Å². The van der Waals surface area contributed by atoms with Gasteiger partial charge in [0.1, 0.15) is 5.75 Å². The van der Waals surface area contributed by atoms with Gasteiger partial charge in [-0.05, 0) is 54.4 Å². The van der Waals surface area contributed by atoms with Crippen molar-refractivity contribution in [1.82, 2.24) is 5.32 Å². The Morgan fingerprint density at radius 2 is 1.72 bits per heavy atom. The molecule has 156 valence electrons. The summed E-state index contributed by atoms with van der Waals surface area (Å²) in [6.45, 7) is 4.19. The zero-order valence-corrected chi connectivity index (χ0v) is 18.0. The summed E-state index contributed by atoms with van der Waals surface area (Å²) >= 11 is 5.24. The first-order valence-corrected chi connectivity index (χ1v) is 9.50. The topological polar surface area (TPSA) is 89.1 Å². The second-order valence-electron chi connectivity index (χ2n) is 6.41. The summed E-state index contributed by atoms with van der Waals surface area (Å²) in [5, 5.41) is 15.6. The highest BCUT2D eigenvalue weighted by Gasteiger charge is 2.18. The molecular formula is C21H26N2O5S. The van der Waals surface area contributed by atoms with Crippen LogP contribution in [0.5, 0.6) is 23.0 Å². The van der Waals surface area contributed by atoms with E-state index in [-0.39, 0.29) is 16.4 Å². The van der Waals surface area contributed by atoms with E-state index in [1.54, 1.807) is 6.07 Å². The van der Waals surface area contributed by atoms with E-state index in [2.05, 4.69) is 24.5 Å². The zero-order chi connectivity index (χ0) is 21.6. The molecule has 3 N–H and O–H groups in total. The van der Waals surface area contributed by atoms with Crippen LogP contribution >= 0.6 is 12.2 Å². The number of phenolic OH excluding ortho intramolecular Hbond substituents is 1. The average Bonchev–Trinajstić information content (AvgIpc) is 2.73. The Labute approximate surface area is 176 Å². The fourth-order valence-corrected chi connectivity index (χ4v) is 2.94. The standard InChI is InChI=1S/C21H26N2O5S/c1-6-12(2)13-7-8-16(24)15(9-13)22-21(29)23-20(25)14-10-17(26-3)19(28-5)18(11-14)27-4/h7-12,24H,6H2,1-5H3,(H2,22,23,25,29)/t12-/m1/s1. The van der Waals surface area contributed by atoms with Crippen LogP contribution in [0.2, 0.25) is 0 Å². The maximum atomic E-state index is 12.6. The van der Waals surface area contributed by atoms with E-state index in [1.807, 2.05) is 12.1 Å². The quantitative estimate of drug-likeness (QED) is 0.462. The summed E-state index contributed by atoms with van der Waals surface area (Å²) in [5.74, 6) is 1.02. The summed E-state index contributed by atoms with van der Waals surface area (Å²) in [6, 6.07) is 8.35. The van der Waals surface area contributed by atoms with Crippen molar-refractivity contribution < 1.29 is 24.1 Å². The summed E-state index contributed by atoms with van der Waals surface area (Å²) in [7, 11) is 4.43. The molecule has 1 atom stereocenters. The molecule has 0 spiro atoms. The van der Waals surface area contributed by atoms with Crippen LogP contribution in [0.15, 0.2) is 30.3 Å². The number of thiocarbonyl (C=S) groups is 1. The molecular weight excluding hydrogens is 392 g/mol. The minimum absolute atomic E-state index is 0.0430. The number of amides is 1. The number of hydrogen-bond donors (Lipinski definition) is 3. The number of carbonyl (C=O) groups excluding carboxylic acids is 1. The van der Waals surface area contributed by atoms with Gasteiger partial charge in [0.25, 0.3) is 5.91 Å². The Bertz CT molecular complexity index is 876. The van der Waals surface area contributed by atoms with Gasteiger partial charge in [0.05, 0.1) is 27.0 Å². The number of hydrogen-bond acceptors (Lipinski definition) is 6. The first-order valence-electron chi connectivity index (χ1n) is 9.09. The van der Waals surface area contributed by atoms with Crippen molar-refractivity contribution in [3.63, 3.8) is 0 Å². The summed E-state index contributed by atoms with van der Waals surface area (Å²) in [4.78, 5) is 12.6. The van der Waals surface area contributed by atoms with E-state index >= 15 is 0 Å². The SMILES string of the molecule is CC[C@@H](C)c1ccc(O)c(NC(=S)NC(=O)c2cc(OC)c(OC)c(OC)c2)c1. The lowest BCUT2D eigenvalue weighted by Crippen LogP contribution is -2.34. The van der Waals surface area contributed by atoms with Gasteiger partial charge < -0.3 is 24.6 Å². The Hall–Kier alpha value is -3.00. The monoisotopic (exact) mass is 418 g/mol. The highest BCUT2D eigenvalue weighted by atomic mass is 32.1. The van der Waals surface area contributed by atoms with Gasteiger partial charge in [-0.2, -0.15) is 0 Å². The Kier molecular flexibility index (Phi) is 7.67. The molecule has 0 aliphatic carbocycles. The molecule has 2 aromatic rings. The molecule has 0 bridgehead atoms. The third kappa shape index (κ3) is 5.29. The maximum absolute atomic E-state index is 12.6. The Balaban J connectivity index is 2.19. The number of phenols is 1. The molecule has 0 aliphatic rings. The third-order valence-corrected chi connectivity index (χ3v) is 4.81. The summed E-state index contributed by atoms with van der Waals surface area (Å²) in [5.41, 5.74) is 1.77. The Morgan fingerprint density at radius 3 is 2.24 bits per heavy atom. The van der Waals surface area contributed by atoms with E-state index < -0.39 is 5.91 Å². The van der Waals surface area contributed by atoms with E-state index in [4.69, 9.17) is 26.4 Å². The Morgan fingerprint density at radius 1 is 1.10 bits per heavy atom. The van der Waals surface area contributed by atoms with Gasteiger partial charge in [-0.25, -0.2) is 0 Å². The van der Waals surface area contributed by atoms with Gasteiger partial charge in [-0.15, -0.1) is 0 Å². The number of benzene rings is 2. The predicted octanol–water partition coefficient (Wildman–Crippen LogP) is 4.06. The van der Waals surface area contributed by atoms with Gasteiger partial charge in [-0.1, -0.05) is 19.9 Å². The number of rotatable bonds is 7. The fourth-order valence-electron chi connectivity index (χ4n) is 2.74. The van der Waals surface area contributed by atoms with Gasteiger partial charge >= 0.3 is 0 Å². The minimum Gasteiger partial charge on any atom is -0.506 e. The first-order chi connectivity index (χ1) is 13.8. The number of carbonyl (C=O) groups is 1. The molecule has 0 fully saturated rings. The van der Waals surface area contributed by atoms with Crippen LogP contribution in [0.25, 0.3) is 0 Å². The van der Waals surface area contributed by atoms with Crippen LogP contribution in [-0.2, 0) is 0 Å². The molecule has 0 radical (unpaired) electrons. The van der Waals surface area contributed by atoms with E-state index in [0.717, 1.165) is 12.0 Å². The number of aromatic hydroxyl groups is 1. The van der Waals surface area contributed by atoms with Crippen LogP contribution in [0, 0.1) is 0 Å². The van der Waals surface area contributed by atoms with Gasteiger partial charge in [0.15, 0.2) is 16.6 Å². The van der Waals surface area contributed by atoms with Crippen LogP contribution in [0.4, 0.5) is 5.69 Å². The van der Waals surface area contributed by atoms with Crippen molar-refractivity contribution in [1.29, 1.82) is 0 Å². The van der Waals surface area contributed by atoms with Crippen LogP contribution in [0.1, 0.15) is 42.1 Å². The summed E-state index contributed by atoms with van der Waals surface area (Å²) < 4.78 is 15.8. The zero-order valence-electron chi connectivity index (χ0n) is 17.2. The molecule has 0 saturated heterocycles. The molecule has 8 heteroatoms. The van der Waals surface area contributed by atoms with Crippen LogP contribution in [-0.4, -0.2) is 37.5 Å². The lowest BCUT2D eigenvalue weighted by molar-refractivity contribution is 0.0977. The molecule has 0 aromatic heterocycles. The van der Waals surface area contributed by atoms with E-state index in [0.29, 0.717) is 28.9 Å². The molecule has 2 aromatic carbocycles. The summed E-state index contributed by atoms with van der Waals surface area (Å²) in [6.07, 6.45) is 0.965. The van der Waals surface area contributed by atoms with Crippen molar-refractivity contribution >= 4 is 28.9 Å². The molecule has 0 heterocycles. The number of ether oxygens (including phenoxy) is 3. The molecule has 1 amide bonds. The number of nitrogens with one attached hydrogen (secondary N) is 2. The van der Waals surface area contributed by atoms with E-state index in [9.17, 15) is 9.90 Å². The third-order valence-electron chi connectivity index (χ3n) is 4.60. The predicted molar refractivity (Wildman–Crippen MR) is 117 cm³/mol. The highest BCUT2D eigenvalue weighted by molar-refractivity contribution is 7.80. The van der Waals surface area contributed by atoms with E-state index in [1.165, 1.54) is 33.5 Å². The van der Waals surface area contributed by atoms with Crippen LogP contribution < -0.4 is 24.8 Å².